The molecule has 1 unspecified atom stereocenters. The summed E-state index contributed by atoms with van der Waals surface area (Å²) < 4.78 is 0. The van der Waals surface area contributed by atoms with Gasteiger partial charge < -0.3 is 10.2 Å². The van der Waals surface area contributed by atoms with Crippen LogP contribution in [0.1, 0.15) is 41.6 Å². The summed E-state index contributed by atoms with van der Waals surface area (Å²) in [5, 5.41) is 3.30. The highest BCUT2D eigenvalue weighted by molar-refractivity contribution is 6.29. The molecule has 0 aliphatic carbocycles. The van der Waals surface area contributed by atoms with Crippen LogP contribution in [0.4, 0.5) is 5.82 Å². The standard InChI is InChI=1S/C20H24ClN3O/c1-22-19-14-16(13-18(21)23-19)20(25)24-12-6-5-9-17(24)11-10-15-7-3-2-4-8-15/h2-4,7-8,13-14,17H,5-6,9-12H2,1H3,(H,22,23). The highest BCUT2D eigenvalue weighted by Crippen LogP contribution is 2.25. The minimum absolute atomic E-state index is 0.0542. The molecule has 0 bridgehead atoms. The number of benzene rings is 1. The van der Waals surface area contributed by atoms with Gasteiger partial charge in [-0.25, -0.2) is 4.98 Å². The zero-order valence-corrected chi connectivity index (χ0v) is 15.3. The lowest BCUT2D eigenvalue weighted by Crippen LogP contribution is -2.44. The third-order valence-corrected chi connectivity index (χ3v) is 4.99. The molecule has 3 rings (SSSR count). The molecule has 2 aromatic rings. The maximum Gasteiger partial charge on any atom is 0.254 e. The van der Waals surface area contributed by atoms with Gasteiger partial charge in [0.1, 0.15) is 11.0 Å². The Morgan fingerprint density at radius 1 is 1.28 bits per heavy atom. The number of amides is 1. The van der Waals surface area contributed by atoms with Gasteiger partial charge in [-0.05, 0) is 49.8 Å². The molecule has 1 atom stereocenters. The molecule has 5 heteroatoms. The van der Waals surface area contributed by atoms with Gasteiger partial charge in [0.2, 0.25) is 0 Å². The van der Waals surface area contributed by atoms with Crippen LogP contribution >= 0.6 is 11.6 Å². The molecule has 0 spiro atoms. The maximum absolute atomic E-state index is 13.1. The van der Waals surface area contributed by atoms with Gasteiger partial charge in [0.25, 0.3) is 5.91 Å². The van der Waals surface area contributed by atoms with Crippen molar-refractivity contribution in [3.63, 3.8) is 0 Å². The number of nitrogens with zero attached hydrogens (tertiary/aromatic N) is 2. The minimum atomic E-state index is 0.0542. The van der Waals surface area contributed by atoms with E-state index in [1.54, 1.807) is 19.2 Å². The van der Waals surface area contributed by atoms with Gasteiger partial charge in [-0.3, -0.25) is 4.79 Å². The second kappa shape index (κ2) is 8.34. The van der Waals surface area contributed by atoms with Crippen LogP contribution in [0.2, 0.25) is 5.15 Å². The summed E-state index contributed by atoms with van der Waals surface area (Å²) >= 11 is 6.07. The fourth-order valence-electron chi connectivity index (χ4n) is 3.46. The van der Waals surface area contributed by atoms with E-state index in [-0.39, 0.29) is 11.9 Å². The van der Waals surface area contributed by atoms with Gasteiger partial charge in [0, 0.05) is 25.2 Å². The summed E-state index contributed by atoms with van der Waals surface area (Å²) in [5.74, 6) is 0.673. The fourth-order valence-corrected chi connectivity index (χ4v) is 3.67. The molecule has 0 radical (unpaired) electrons. The van der Waals surface area contributed by atoms with Crippen LogP contribution in [0.5, 0.6) is 0 Å². The first-order valence-corrected chi connectivity index (χ1v) is 9.25. The Bertz CT molecular complexity index is 720. The predicted molar refractivity (Wildman–Crippen MR) is 102 cm³/mol. The molecule has 0 saturated carbocycles. The average Bonchev–Trinajstić information content (AvgIpc) is 2.66. The third-order valence-electron chi connectivity index (χ3n) is 4.79. The van der Waals surface area contributed by atoms with Crippen LogP contribution in [-0.4, -0.2) is 35.4 Å². The lowest BCUT2D eigenvalue weighted by molar-refractivity contribution is 0.0602. The number of carbonyl (C=O) groups excluding carboxylic acids is 1. The largest absolute Gasteiger partial charge is 0.373 e. The van der Waals surface area contributed by atoms with E-state index in [1.165, 1.54) is 12.0 Å². The number of hydrogen-bond acceptors (Lipinski definition) is 3. The van der Waals surface area contributed by atoms with Crippen molar-refractivity contribution in [1.82, 2.24) is 9.88 Å². The van der Waals surface area contributed by atoms with E-state index in [2.05, 4.69) is 34.6 Å². The Balaban J connectivity index is 1.73. The van der Waals surface area contributed by atoms with E-state index in [9.17, 15) is 4.79 Å². The number of nitrogens with one attached hydrogen (secondary N) is 1. The second-order valence-electron chi connectivity index (χ2n) is 6.49. The van der Waals surface area contributed by atoms with E-state index in [1.807, 2.05) is 11.0 Å². The number of piperidine rings is 1. The molecule has 1 aromatic carbocycles. The third kappa shape index (κ3) is 4.51. The van der Waals surface area contributed by atoms with Gasteiger partial charge in [-0.1, -0.05) is 41.9 Å². The molecule has 4 nitrogen and oxygen atoms in total. The van der Waals surface area contributed by atoms with Crippen LogP contribution in [0.15, 0.2) is 42.5 Å². The molecule has 1 aliphatic heterocycles. The molecule has 1 N–H and O–H groups in total. The smallest absolute Gasteiger partial charge is 0.254 e. The number of halogens is 1. The molecule has 1 aliphatic rings. The van der Waals surface area contributed by atoms with Crippen molar-refractivity contribution in [1.29, 1.82) is 0 Å². The lowest BCUT2D eigenvalue weighted by Gasteiger charge is -2.36. The van der Waals surface area contributed by atoms with Gasteiger partial charge in [-0.2, -0.15) is 0 Å². The maximum atomic E-state index is 13.1. The number of rotatable bonds is 5. The molecule has 1 saturated heterocycles. The monoisotopic (exact) mass is 357 g/mol. The highest BCUT2D eigenvalue weighted by Gasteiger charge is 2.27. The fraction of sp³-hybridized carbons (Fsp3) is 0.400. The van der Waals surface area contributed by atoms with E-state index in [4.69, 9.17) is 11.6 Å². The predicted octanol–water partition coefficient (Wildman–Crippen LogP) is 4.40. The molecule has 1 aromatic heterocycles. The average molecular weight is 358 g/mol. The lowest BCUT2D eigenvalue weighted by atomic mass is 9.95. The number of pyridine rings is 1. The van der Waals surface area contributed by atoms with E-state index in [0.717, 1.165) is 32.2 Å². The van der Waals surface area contributed by atoms with E-state index < -0.39 is 0 Å². The van der Waals surface area contributed by atoms with Crippen LogP contribution < -0.4 is 5.32 Å². The quantitative estimate of drug-likeness (QED) is 0.806. The number of hydrogen-bond donors (Lipinski definition) is 1. The number of likely N-dealkylation sites (tertiary alicyclic amines) is 1. The first kappa shape index (κ1) is 17.7. The number of aromatic nitrogens is 1. The van der Waals surface area contributed by atoms with Crippen molar-refractivity contribution in [2.45, 2.75) is 38.1 Å². The summed E-state index contributed by atoms with van der Waals surface area (Å²) in [7, 11) is 1.77. The molecular weight excluding hydrogens is 334 g/mol. The SMILES string of the molecule is CNc1cc(C(=O)N2CCCCC2CCc2ccccc2)cc(Cl)n1. The Morgan fingerprint density at radius 3 is 2.84 bits per heavy atom. The number of aryl methyl sites for hydroxylation is 1. The topological polar surface area (TPSA) is 45.2 Å². The van der Waals surface area contributed by atoms with Crippen LogP contribution in [0.25, 0.3) is 0 Å². The second-order valence-corrected chi connectivity index (χ2v) is 6.87. The van der Waals surface area contributed by atoms with E-state index >= 15 is 0 Å². The zero-order valence-electron chi connectivity index (χ0n) is 14.5. The van der Waals surface area contributed by atoms with Crippen molar-refractivity contribution < 1.29 is 4.79 Å². The van der Waals surface area contributed by atoms with E-state index in [0.29, 0.717) is 16.5 Å². The van der Waals surface area contributed by atoms with Crippen molar-refractivity contribution in [2.75, 3.05) is 18.9 Å². The summed E-state index contributed by atoms with van der Waals surface area (Å²) in [6, 6.07) is 14.2. The Labute approximate surface area is 154 Å². The van der Waals surface area contributed by atoms with Gasteiger partial charge in [-0.15, -0.1) is 0 Å². The Hall–Kier alpha value is -2.07. The molecule has 1 fully saturated rings. The van der Waals surface area contributed by atoms with Crippen LogP contribution in [0, 0.1) is 0 Å². The minimum Gasteiger partial charge on any atom is -0.373 e. The first-order valence-electron chi connectivity index (χ1n) is 8.87. The van der Waals surface area contributed by atoms with Crippen molar-refractivity contribution in [3.8, 4) is 0 Å². The zero-order chi connectivity index (χ0) is 17.6. The normalized spacial score (nSPS) is 17.4. The molecule has 25 heavy (non-hydrogen) atoms. The summed E-state index contributed by atoms with van der Waals surface area (Å²) in [4.78, 5) is 19.2. The van der Waals surface area contributed by atoms with Crippen LogP contribution in [-0.2, 0) is 6.42 Å². The first-order chi connectivity index (χ1) is 12.2. The van der Waals surface area contributed by atoms with Crippen molar-refractivity contribution in [3.05, 3.63) is 58.7 Å². The van der Waals surface area contributed by atoms with Crippen LogP contribution in [0.3, 0.4) is 0 Å². The molecule has 132 valence electrons. The Morgan fingerprint density at radius 2 is 2.08 bits per heavy atom. The van der Waals surface area contributed by atoms with Crippen molar-refractivity contribution >= 4 is 23.3 Å². The van der Waals surface area contributed by atoms with Crippen molar-refractivity contribution in [2.24, 2.45) is 0 Å². The molecular formula is C20H24ClN3O. The summed E-state index contributed by atoms with van der Waals surface area (Å²) in [6.45, 7) is 0.813. The number of anilines is 1. The number of carbonyl (C=O) groups is 1. The molecule has 2 heterocycles. The highest BCUT2D eigenvalue weighted by atomic mass is 35.5. The summed E-state index contributed by atoms with van der Waals surface area (Å²) in [5.41, 5.74) is 1.93. The van der Waals surface area contributed by atoms with Gasteiger partial charge in [0.15, 0.2) is 0 Å². The van der Waals surface area contributed by atoms with Gasteiger partial charge >= 0.3 is 0 Å². The van der Waals surface area contributed by atoms with Gasteiger partial charge in [0.05, 0.1) is 0 Å². The Kier molecular flexibility index (Phi) is 5.92. The molecule has 1 amide bonds. The summed E-state index contributed by atoms with van der Waals surface area (Å²) in [6.07, 6.45) is 5.30.